The number of nitrogens with one attached hydrogen (secondary N) is 2. The van der Waals surface area contributed by atoms with Crippen LogP contribution < -0.4 is 11.1 Å². The highest BCUT2D eigenvalue weighted by Gasteiger charge is 2.27. The molecule has 1 atom stereocenters. The van der Waals surface area contributed by atoms with Crippen LogP contribution in [-0.4, -0.2) is 45.1 Å². The second-order valence-electron chi connectivity index (χ2n) is 5.47. The molecule has 1 aliphatic rings. The molecule has 3 heterocycles. The van der Waals surface area contributed by atoms with E-state index in [2.05, 4.69) is 20.6 Å². The number of nitrogens with zero attached hydrogens (tertiary/aromatic N) is 3. The molecular formula is C13H21ClN6O2. The van der Waals surface area contributed by atoms with E-state index in [9.17, 15) is 4.79 Å². The minimum atomic E-state index is -0.538. The minimum Gasteiger partial charge on any atom is -0.381 e. The van der Waals surface area contributed by atoms with Crippen LogP contribution in [0.1, 0.15) is 18.5 Å². The number of anilines is 1. The monoisotopic (exact) mass is 328 g/mol. The smallest absolute Gasteiger partial charge is 0.242 e. The van der Waals surface area contributed by atoms with Gasteiger partial charge in [0.1, 0.15) is 5.82 Å². The van der Waals surface area contributed by atoms with Gasteiger partial charge in [0.2, 0.25) is 5.91 Å². The van der Waals surface area contributed by atoms with Crippen LogP contribution in [0.25, 0.3) is 11.0 Å². The molecular weight excluding hydrogens is 308 g/mol. The van der Waals surface area contributed by atoms with Crippen LogP contribution in [0.2, 0.25) is 0 Å². The van der Waals surface area contributed by atoms with Gasteiger partial charge in [-0.05, 0) is 25.7 Å². The van der Waals surface area contributed by atoms with Crippen molar-refractivity contribution in [3.05, 3.63) is 5.69 Å². The van der Waals surface area contributed by atoms with Crippen LogP contribution in [0.3, 0.4) is 0 Å². The molecule has 9 heteroatoms. The Balaban J connectivity index is 0.00000176. The van der Waals surface area contributed by atoms with Crippen molar-refractivity contribution in [1.29, 1.82) is 0 Å². The fourth-order valence-electron chi connectivity index (χ4n) is 2.82. The van der Waals surface area contributed by atoms with Crippen molar-refractivity contribution >= 4 is 35.2 Å². The van der Waals surface area contributed by atoms with E-state index >= 15 is 0 Å². The lowest BCUT2D eigenvalue weighted by Crippen LogP contribution is -2.44. The van der Waals surface area contributed by atoms with Gasteiger partial charge >= 0.3 is 0 Å². The van der Waals surface area contributed by atoms with E-state index in [4.69, 9.17) is 10.5 Å². The molecule has 4 N–H and O–H groups in total. The second kappa shape index (κ2) is 6.64. The molecule has 122 valence electrons. The predicted molar refractivity (Wildman–Crippen MR) is 85.0 cm³/mol. The van der Waals surface area contributed by atoms with Gasteiger partial charge in [0.25, 0.3) is 0 Å². The maximum absolute atomic E-state index is 12.3. The lowest BCUT2D eigenvalue weighted by atomic mass is 9.92. The number of aromatic nitrogens is 4. The quantitative estimate of drug-likeness (QED) is 0.768. The standard InChI is InChI=1S/C13H20N6O2.ClH/c1-7-9-11(16-17-12(9)19(2)18-7)15-13(20)10(14)8-3-5-21-6-4-8;/h8,10H,3-6,14H2,1-2H3,(H2,15,16,17,20);1H. The summed E-state index contributed by atoms with van der Waals surface area (Å²) in [6, 6.07) is -0.538. The molecule has 0 aliphatic carbocycles. The van der Waals surface area contributed by atoms with E-state index in [0.717, 1.165) is 23.9 Å². The molecule has 1 amide bonds. The Bertz CT molecular complexity index is 661. The fraction of sp³-hybridized carbons (Fsp3) is 0.615. The number of hydrogen-bond acceptors (Lipinski definition) is 5. The maximum atomic E-state index is 12.3. The number of hydrogen-bond donors (Lipinski definition) is 3. The molecule has 0 bridgehead atoms. The average molecular weight is 329 g/mol. The van der Waals surface area contributed by atoms with Crippen molar-refractivity contribution in [2.45, 2.75) is 25.8 Å². The topological polar surface area (TPSA) is 111 Å². The van der Waals surface area contributed by atoms with E-state index in [1.165, 1.54) is 0 Å². The Morgan fingerprint density at radius 3 is 2.86 bits per heavy atom. The van der Waals surface area contributed by atoms with Gasteiger partial charge in [0.05, 0.1) is 17.1 Å². The molecule has 1 fully saturated rings. The van der Waals surface area contributed by atoms with Crippen molar-refractivity contribution < 1.29 is 9.53 Å². The highest BCUT2D eigenvalue weighted by Crippen LogP contribution is 2.24. The maximum Gasteiger partial charge on any atom is 0.242 e. The number of carbonyl (C=O) groups excluding carboxylic acids is 1. The van der Waals surface area contributed by atoms with Crippen LogP contribution >= 0.6 is 12.4 Å². The number of carbonyl (C=O) groups is 1. The number of ether oxygens (including phenoxy) is 1. The fourth-order valence-corrected chi connectivity index (χ4v) is 2.82. The third-order valence-electron chi connectivity index (χ3n) is 4.04. The average Bonchev–Trinajstić information content (AvgIpc) is 3.02. The molecule has 2 aromatic heterocycles. The van der Waals surface area contributed by atoms with Crippen molar-refractivity contribution in [2.24, 2.45) is 18.7 Å². The number of amides is 1. The van der Waals surface area contributed by atoms with Crippen LogP contribution in [0.4, 0.5) is 5.82 Å². The summed E-state index contributed by atoms with van der Waals surface area (Å²) in [7, 11) is 1.82. The Morgan fingerprint density at radius 1 is 1.50 bits per heavy atom. The Labute approximate surface area is 134 Å². The van der Waals surface area contributed by atoms with E-state index in [1.54, 1.807) is 4.68 Å². The molecule has 0 radical (unpaired) electrons. The van der Waals surface area contributed by atoms with Gasteiger partial charge in [0.15, 0.2) is 5.65 Å². The second-order valence-corrected chi connectivity index (χ2v) is 5.47. The van der Waals surface area contributed by atoms with Gasteiger partial charge in [-0.2, -0.15) is 10.2 Å². The van der Waals surface area contributed by atoms with E-state index < -0.39 is 6.04 Å². The highest BCUT2D eigenvalue weighted by atomic mass is 35.5. The summed E-state index contributed by atoms with van der Waals surface area (Å²) in [5, 5.41) is 15.0. The summed E-state index contributed by atoms with van der Waals surface area (Å²) < 4.78 is 6.97. The first-order chi connectivity index (χ1) is 10.1. The molecule has 2 aromatic rings. The van der Waals surface area contributed by atoms with Gasteiger partial charge in [0, 0.05) is 20.3 Å². The van der Waals surface area contributed by atoms with Crippen LogP contribution in [-0.2, 0) is 16.6 Å². The highest BCUT2D eigenvalue weighted by molar-refractivity contribution is 6.01. The SMILES string of the molecule is Cc1nn(C)c2n[nH]c(NC(=O)C(N)C3CCOCC3)c12.Cl. The van der Waals surface area contributed by atoms with Crippen molar-refractivity contribution in [3.63, 3.8) is 0 Å². The van der Waals surface area contributed by atoms with Gasteiger partial charge in [-0.15, -0.1) is 12.4 Å². The van der Waals surface area contributed by atoms with Crippen molar-refractivity contribution in [3.8, 4) is 0 Å². The summed E-state index contributed by atoms with van der Waals surface area (Å²) >= 11 is 0. The third-order valence-corrected chi connectivity index (χ3v) is 4.04. The van der Waals surface area contributed by atoms with Crippen LogP contribution in [0.5, 0.6) is 0 Å². The summed E-state index contributed by atoms with van der Waals surface area (Å²) in [5.74, 6) is 0.519. The Morgan fingerprint density at radius 2 is 2.18 bits per heavy atom. The lowest BCUT2D eigenvalue weighted by Gasteiger charge is -2.26. The van der Waals surface area contributed by atoms with Crippen LogP contribution in [0, 0.1) is 12.8 Å². The Kier molecular flexibility index (Phi) is 5.05. The largest absolute Gasteiger partial charge is 0.381 e. The normalized spacial score (nSPS) is 17.2. The van der Waals surface area contributed by atoms with Gasteiger partial charge < -0.3 is 15.8 Å². The number of nitrogens with two attached hydrogens (primary N) is 1. The van der Waals surface area contributed by atoms with E-state index in [1.807, 2.05) is 14.0 Å². The molecule has 1 saturated heterocycles. The number of rotatable bonds is 3. The van der Waals surface area contributed by atoms with Gasteiger partial charge in [-0.1, -0.05) is 0 Å². The van der Waals surface area contributed by atoms with E-state index in [0.29, 0.717) is 24.7 Å². The molecule has 0 saturated carbocycles. The molecule has 1 aliphatic heterocycles. The molecule has 8 nitrogen and oxygen atoms in total. The molecule has 0 aromatic carbocycles. The lowest BCUT2D eigenvalue weighted by molar-refractivity contribution is -0.119. The summed E-state index contributed by atoms with van der Waals surface area (Å²) in [6.45, 7) is 3.22. The van der Waals surface area contributed by atoms with Gasteiger partial charge in [-0.25, -0.2) is 4.68 Å². The zero-order valence-corrected chi connectivity index (χ0v) is 13.4. The van der Waals surface area contributed by atoms with Gasteiger partial charge in [-0.3, -0.25) is 9.89 Å². The zero-order valence-electron chi connectivity index (χ0n) is 12.6. The molecule has 0 spiro atoms. The predicted octanol–water partition coefficient (Wildman–Crippen LogP) is 0.719. The number of aryl methyl sites for hydroxylation is 2. The first-order valence-electron chi connectivity index (χ1n) is 7.09. The number of H-pyrrole nitrogens is 1. The van der Waals surface area contributed by atoms with Crippen LogP contribution in [0.15, 0.2) is 0 Å². The summed E-state index contributed by atoms with van der Waals surface area (Å²) in [6.07, 6.45) is 1.64. The van der Waals surface area contributed by atoms with E-state index in [-0.39, 0.29) is 24.2 Å². The zero-order chi connectivity index (χ0) is 15.0. The minimum absolute atomic E-state index is 0. The summed E-state index contributed by atoms with van der Waals surface area (Å²) in [5.41, 5.74) is 7.60. The van der Waals surface area contributed by atoms with Crippen molar-refractivity contribution in [1.82, 2.24) is 20.0 Å². The van der Waals surface area contributed by atoms with Crippen molar-refractivity contribution in [2.75, 3.05) is 18.5 Å². The first-order valence-corrected chi connectivity index (χ1v) is 7.09. The molecule has 1 unspecified atom stereocenters. The number of fused-ring (bicyclic) bond motifs is 1. The summed E-state index contributed by atoms with van der Waals surface area (Å²) in [4.78, 5) is 12.3. The number of halogens is 1. The molecule has 22 heavy (non-hydrogen) atoms. The Hall–Kier alpha value is -1.64. The third kappa shape index (κ3) is 2.94. The number of aromatic amines is 1. The molecule has 3 rings (SSSR count). The first kappa shape index (κ1) is 16.7.